The Balaban J connectivity index is 2.34. The second-order valence-electron chi connectivity index (χ2n) is 4.59. The van der Waals surface area contributed by atoms with Gasteiger partial charge in [-0.05, 0) is 0 Å². The fourth-order valence-corrected chi connectivity index (χ4v) is 2.33. The van der Waals surface area contributed by atoms with Crippen LogP contribution in [0.25, 0.3) is 5.69 Å². The molecule has 0 aliphatic heterocycles. The average molecular weight is 416 g/mol. The van der Waals surface area contributed by atoms with Crippen molar-refractivity contribution in [2.24, 2.45) is 10.7 Å². The molecule has 0 saturated carbocycles. The second-order valence-corrected chi connectivity index (χ2v) is 5.40. The first-order chi connectivity index (χ1) is 12.6. The number of alkyl halides is 3. The van der Waals surface area contributed by atoms with Gasteiger partial charge >= 0.3 is 6.36 Å². The van der Waals surface area contributed by atoms with Gasteiger partial charge in [0.1, 0.15) is 35.0 Å². The van der Waals surface area contributed by atoms with Crippen LogP contribution in [0, 0.1) is 22.7 Å². The number of ether oxygens (including phenoxy) is 1. The third-order valence-electron chi connectivity index (χ3n) is 2.74. The fraction of sp³-hybridized carbons (Fsp3) is 0.0714. The van der Waals surface area contributed by atoms with Crippen molar-refractivity contribution < 1.29 is 17.9 Å². The molecule has 0 unspecified atom stereocenters. The summed E-state index contributed by atoms with van der Waals surface area (Å²) in [5.41, 5.74) is 4.73. The lowest BCUT2D eigenvalue weighted by atomic mass is 10.3. The molecule has 2 N–H and O–H groups in total. The number of aliphatic imine (C=N–C) groups is 1. The van der Waals surface area contributed by atoms with Crippen molar-refractivity contribution in [3.05, 3.63) is 45.5 Å². The number of halogens is 5. The van der Waals surface area contributed by atoms with Gasteiger partial charge in [-0.15, -0.1) is 23.1 Å². The van der Waals surface area contributed by atoms with E-state index in [1.807, 2.05) is 0 Å². The third-order valence-corrected chi connectivity index (χ3v) is 3.32. The molecule has 0 bridgehead atoms. The van der Waals surface area contributed by atoms with Gasteiger partial charge in [-0.1, -0.05) is 23.2 Å². The number of allylic oxidation sites excluding steroid dienone is 2. The van der Waals surface area contributed by atoms with E-state index in [0.29, 0.717) is 0 Å². The van der Waals surface area contributed by atoms with Gasteiger partial charge in [0, 0.05) is 12.1 Å². The van der Waals surface area contributed by atoms with E-state index >= 15 is 0 Å². The summed E-state index contributed by atoms with van der Waals surface area (Å²) in [6.07, 6.45) is -2.58. The Morgan fingerprint density at radius 2 is 1.89 bits per heavy atom. The zero-order chi connectivity index (χ0) is 20.2. The molecule has 0 aliphatic rings. The summed E-state index contributed by atoms with van der Waals surface area (Å²) in [6.45, 7) is 0. The molecule has 8 nitrogen and oxygen atoms in total. The van der Waals surface area contributed by atoms with Gasteiger partial charge < -0.3 is 10.5 Å². The van der Waals surface area contributed by atoms with Crippen LogP contribution in [0.1, 0.15) is 5.69 Å². The average Bonchev–Trinajstić information content (AvgIpc) is 3.01. The largest absolute Gasteiger partial charge is 0.573 e. The third kappa shape index (κ3) is 5.10. The molecule has 27 heavy (non-hydrogen) atoms. The maximum atomic E-state index is 12.3. The van der Waals surface area contributed by atoms with Crippen LogP contribution in [-0.4, -0.2) is 27.6 Å². The highest BCUT2D eigenvalue weighted by atomic mass is 35.5. The normalized spacial score (nSPS) is 12.4. The molecule has 1 aromatic heterocycles. The van der Waals surface area contributed by atoms with E-state index in [1.54, 1.807) is 12.1 Å². The maximum Gasteiger partial charge on any atom is 0.573 e. The molecular formula is C14H6Cl2F3N7O. The lowest BCUT2D eigenvalue weighted by molar-refractivity contribution is -0.274. The first-order valence-corrected chi connectivity index (χ1v) is 7.41. The van der Waals surface area contributed by atoms with Crippen molar-refractivity contribution in [2.75, 3.05) is 0 Å². The topological polar surface area (TPSA) is 126 Å². The van der Waals surface area contributed by atoms with E-state index < -0.39 is 12.1 Å². The highest BCUT2D eigenvalue weighted by Crippen LogP contribution is 2.34. The Kier molecular flexibility index (Phi) is 5.90. The summed E-state index contributed by atoms with van der Waals surface area (Å²) in [7, 11) is 0. The molecule has 0 amide bonds. The predicted molar refractivity (Wildman–Crippen MR) is 88.1 cm³/mol. The Labute approximate surface area is 159 Å². The molecule has 0 atom stereocenters. The number of rotatable bonds is 4. The van der Waals surface area contributed by atoms with Crippen LogP contribution < -0.4 is 10.5 Å². The van der Waals surface area contributed by atoms with Crippen molar-refractivity contribution in [3.63, 3.8) is 0 Å². The van der Waals surface area contributed by atoms with Crippen LogP contribution in [0.5, 0.6) is 5.75 Å². The van der Waals surface area contributed by atoms with Gasteiger partial charge in [0.2, 0.25) is 0 Å². The molecule has 2 aromatic rings. The maximum absolute atomic E-state index is 12.3. The van der Waals surface area contributed by atoms with Gasteiger partial charge in [0.05, 0.1) is 22.5 Å². The lowest BCUT2D eigenvalue weighted by Gasteiger charge is -2.11. The van der Waals surface area contributed by atoms with Gasteiger partial charge in [0.25, 0.3) is 0 Å². The number of nitrogens with two attached hydrogens (primary N) is 1. The highest BCUT2D eigenvalue weighted by molar-refractivity contribution is 6.38. The van der Waals surface area contributed by atoms with Crippen LogP contribution in [0.15, 0.2) is 34.7 Å². The van der Waals surface area contributed by atoms with E-state index in [9.17, 15) is 13.2 Å². The summed E-state index contributed by atoms with van der Waals surface area (Å²) in [4.78, 5) is 4.66. The minimum atomic E-state index is -4.90. The second kappa shape index (κ2) is 7.95. The van der Waals surface area contributed by atoms with Crippen LogP contribution >= 0.6 is 23.2 Å². The minimum Gasteiger partial charge on any atom is -0.406 e. The van der Waals surface area contributed by atoms with Crippen LogP contribution in [0.3, 0.4) is 0 Å². The van der Waals surface area contributed by atoms with E-state index in [-0.39, 0.29) is 32.8 Å². The lowest BCUT2D eigenvalue weighted by Crippen LogP contribution is -2.17. The number of aromatic nitrogens is 3. The number of nitrogens with zero attached hydrogens (tertiary/aromatic N) is 6. The quantitative estimate of drug-likeness (QED) is 0.603. The van der Waals surface area contributed by atoms with Gasteiger partial charge in [0.15, 0.2) is 5.70 Å². The molecule has 1 aromatic carbocycles. The molecule has 1 heterocycles. The molecule has 0 spiro atoms. The Morgan fingerprint density at radius 3 is 2.41 bits per heavy atom. The molecule has 13 heteroatoms. The zero-order valence-corrected chi connectivity index (χ0v) is 14.4. The number of hydrogen-bond acceptors (Lipinski definition) is 7. The molecular weight excluding hydrogens is 410 g/mol. The molecule has 0 radical (unpaired) electrons. The minimum absolute atomic E-state index is 0.0000883. The monoisotopic (exact) mass is 415 g/mol. The fourth-order valence-electron chi connectivity index (χ4n) is 1.71. The van der Waals surface area contributed by atoms with Crippen molar-refractivity contribution in [3.8, 4) is 23.6 Å². The van der Waals surface area contributed by atoms with E-state index in [1.165, 1.54) is 6.20 Å². The molecule has 0 aliphatic carbocycles. The first kappa shape index (κ1) is 20.0. The van der Waals surface area contributed by atoms with Crippen LogP contribution in [0.4, 0.5) is 13.2 Å². The summed E-state index contributed by atoms with van der Waals surface area (Å²) in [5, 5.41) is 24.9. The van der Waals surface area contributed by atoms with Gasteiger partial charge in [-0.2, -0.15) is 15.6 Å². The molecule has 2 rings (SSSR count). The summed E-state index contributed by atoms with van der Waals surface area (Å²) >= 11 is 11.9. The Morgan fingerprint density at radius 1 is 1.26 bits per heavy atom. The van der Waals surface area contributed by atoms with Gasteiger partial charge in [-0.25, -0.2) is 4.99 Å². The summed E-state index contributed by atoms with van der Waals surface area (Å²) < 4.78 is 40.6. The number of nitriles is 2. The zero-order valence-electron chi connectivity index (χ0n) is 12.9. The predicted octanol–water partition coefficient (Wildman–Crippen LogP) is 3.11. The SMILES string of the molecule is N#C/C(N)=C(C#N)/N=C/c1cnn(-c2c(Cl)cc(OC(F)(F)F)cc2Cl)n1. The highest BCUT2D eigenvalue weighted by Gasteiger charge is 2.31. The van der Waals surface area contributed by atoms with Crippen LogP contribution in [-0.2, 0) is 0 Å². The Hall–Kier alpha value is -3.28. The molecule has 138 valence electrons. The first-order valence-electron chi connectivity index (χ1n) is 6.66. The van der Waals surface area contributed by atoms with E-state index in [4.69, 9.17) is 39.5 Å². The van der Waals surface area contributed by atoms with Crippen molar-refractivity contribution in [2.45, 2.75) is 6.36 Å². The van der Waals surface area contributed by atoms with Crippen molar-refractivity contribution in [1.82, 2.24) is 15.0 Å². The van der Waals surface area contributed by atoms with E-state index in [0.717, 1.165) is 23.1 Å². The number of benzene rings is 1. The van der Waals surface area contributed by atoms with Crippen molar-refractivity contribution >= 4 is 29.4 Å². The van der Waals surface area contributed by atoms with E-state index in [2.05, 4.69) is 19.9 Å². The van der Waals surface area contributed by atoms with Crippen LogP contribution in [0.2, 0.25) is 10.0 Å². The Bertz CT molecular complexity index is 992. The summed E-state index contributed by atoms with van der Waals surface area (Å²) in [6, 6.07) is 5.01. The summed E-state index contributed by atoms with van der Waals surface area (Å²) in [5.74, 6) is -0.606. The van der Waals surface area contributed by atoms with Crippen molar-refractivity contribution in [1.29, 1.82) is 10.5 Å². The molecule has 0 saturated heterocycles. The number of hydrogen-bond donors (Lipinski definition) is 1. The van der Waals surface area contributed by atoms with Gasteiger partial charge in [-0.3, -0.25) is 0 Å². The standard InChI is InChI=1S/C14H6Cl2F3N7O/c15-9-1-8(27-14(17,18)19)2-10(16)13(9)26-24-6-7(25-26)5-23-12(4-21)11(22)3-20/h1-2,5-6H,22H2/b12-11-,23-5+. The molecule has 0 fully saturated rings. The smallest absolute Gasteiger partial charge is 0.406 e.